The number of hydrogen-bond acceptors (Lipinski definition) is 3. The number of ether oxygens (including phenoxy) is 1. The summed E-state index contributed by atoms with van der Waals surface area (Å²) >= 11 is 0. The van der Waals surface area contributed by atoms with Crippen molar-refractivity contribution in [3.05, 3.63) is 0 Å². The standard InChI is InChI=1S/C14H25NO3/c16-14(17)11-12-5-8-15(9-6-12)7-1-3-13-4-2-10-18-13/h12-13H,1-11H2,(H,16,17). The summed E-state index contributed by atoms with van der Waals surface area (Å²) in [4.78, 5) is 13.1. The molecule has 2 saturated heterocycles. The first-order valence-electron chi connectivity index (χ1n) is 7.30. The molecule has 2 rings (SSSR count). The molecule has 0 radical (unpaired) electrons. The molecule has 0 aliphatic carbocycles. The quantitative estimate of drug-likeness (QED) is 0.790. The van der Waals surface area contributed by atoms with Crippen LogP contribution in [0.5, 0.6) is 0 Å². The molecule has 0 aromatic carbocycles. The van der Waals surface area contributed by atoms with Gasteiger partial charge in [0.15, 0.2) is 0 Å². The van der Waals surface area contributed by atoms with Crippen molar-refractivity contribution in [1.82, 2.24) is 4.90 Å². The van der Waals surface area contributed by atoms with Crippen LogP contribution in [0, 0.1) is 5.92 Å². The van der Waals surface area contributed by atoms with Crippen LogP contribution in [-0.4, -0.2) is 48.3 Å². The van der Waals surface area contributed by atoms with Gasteiger partial charge in [0, 0.05) is 13.0 Å². The number of nitrogens with zero attached hydrogens (tertiary/aromatic N) is 1. The fraction of sp³-hybridized carbons (Fsp3) is 0.929. The minimum absolute atomic E-state index is 0.351. The van der Waals surface area contributed by atoms with Gasteiger partial charge in [-0.25, -0.2) is 0 Å². The normalized spacial score (nSPS) is 26.6. The predicted octanol–water partition coefficient (Wildman–Crippen LogP) is 2.13. The fourth-order valence-electron chi connectivity index (χ4n) is 3.08. The SMILES string of the molecule is O=C(O)CC1CCN(CCCC2CCCO2)CC1. The second kappa shape index (κ2) is 7.10. The Kier molecular flexibility index (Phi) is 5.45. The molecular formula is C14H25NO3. The lowest BCUT2D eigenvalue weighted by Gasteiger charge is -2.31. The van der Waals surface area contributed by atoms with Crippen molar-refractivity contribution >= 4 is 5.97 Å². The Morgan fingerprint density at radius 3 is 2.67 bits per heavy atom. The maximum absolute atomic E-state index is 10.6. The van der Waals surface area contributed by atoms with Crippen LogP contribution in [0.4, 0.5) is 0 Å². The van der Waals surface area contributed by atoms with Gasteiger partial charge in [0.05, 0.1) is 6.10 Å². The zero-order valence-corrected chi connectivity index (χ0v) is 11.1. The first-order valence-corrected chi connectivity index (χ1v) is 7.30. The van der Waals surface area contributed by atoms with E-state index in [-0.39, 0.29) is 0 Å². The minimum atomic E-state index is -0.646. The summed E-state index contributed by atoms with van der Waals surface area (Å²) in [6.07, 6.45) is 7.83. The summed E-state index contributed by atoms with van der Waals surface area (Å²) in [5.41, 5.74) is 0. The number of piperidine rings is 1. The molecule has 1 N–H and O–H groups in total. The minimum Gasteiger partial charge on any atom is -0.481 e. The van der Waals surface area contributed by atoms with Crippen molar-refractivity contribution in [3.63, 3.8) is 0 Å². The monoisotopic (exact) mass is 255 g/mol. The third-order valence-corrected chi connectivity index (χ3v) is 4.19. The zero-order chi connectivity index (χ0) is 12.8. The second-order valence-corrected chi connectivity index (χ2v) is 5.66. The molecule has 2 aliphatic rings. The molecule has 2 heterocycles. The van der Waals surface area contributed by atoms with Gasteiger partial charge in [-0.15, -0.1) is 0 Å². The lowest BCUT2D eigenvalue weighted by atomic mass is 9.93. The molecule has 2 aliphatic heterocycles. The Morgan fingerprint density at radius 1 is 1.28 bits per heavy atom. The third-order valence-electron chi connectivity index (χ3n) is 4.19. The largest absolute Gasteiger partial charge is 0.481 e. The first-order chi connectivity index (χ1) is 8.74. The molecule has 1 atom stereocenters. The lowest BCUT2D eigenvalue weighted by molar-refractivity contribution is -0.138. The molecule has 4 heteroatoms. The Morgan fingerprint density at radius 2 is 2.06 bits per heavy atom. The predicted molar refractivity (Wildman–Crippen MR) is 69.6 cm³/mol. The average molecular weight is 255 g/mol. The molecule has 0 bridgehead atoms. The highest BCUT2D eigenvalue weighted by atomic mass is 16.5. The van der Waals surface area contributed by atoms with E-state index in [1.165, 1.54) is 25.7 Å². The molecule has 0 saturated carbocycles. The van der Waals surface area contributed by atoms with Crippen LogP contribution in [0.3, 0.4) is 0 Å². The van der Waals surface area contributed by atoms with Crippen LogP contribution in [0.1, 0.15) is 44.9 Å². The lowest BCUT2D eigenvalue weighted by Crippen LogP contribution is -2.35. The van der Waals surface area contributed by atoms with Crippen molar-refractivity contribution in [2.75, 3.05) is 26.2 Å². The van der Waals surface area contributed by atoms with Crippen molar-refractivity contribution in [2.45, 2.75) is 51.0 Å². The van der Waals surface area contributed by atoms with Crippen LogP contribution >= 0.6 is 0 Å². The maximum atomic E-state index is 10.6. The molecule has 0 aromatic heterocycles. The van der Waals surface area contributed by atoms with Crippen LogP contribution < -0.4 is 0 Å². The van der Waals surface area contributed by atoms with Gasteiger partial charge in [0.25, 0.3) is 0 Å². The number of carboxylic acids is 1. The van der Waals surface area contributed by atoms with E-state index in [0.717, 1.165) is 39.1 Å². The fourth-order valence-corrected chi connectivity index (χ4v) is 3.08. The molecule has 1 unspecified atom stereocenters. The van der Waals surface area contributed by atoms with Crippen LogP contribution in [0.2, 0.25) is 0 Å². The van der Waals surface area contributed by atoms with Crippen molar-refractivity contribution in [1.29, 1.82) is 0 Å². The molecule has 18 heavy (non-hydrogen) atoms. The van der Waals surface area contributed by atoms with E-state index in [0.29, 0.717) is 18.4 Å². The number of carbonyl (C=O) groups is 1. The number of rotatable bonds is 6. The summed E-state index contributed by atoms with van der Waals surface area (Å²) < 4.78 is 5.62. The Bertz CT molecular complexity index is 256. The molecule has 0 amide bonds. The molecule has 4 nitrogen and oxygen atoms in total. The number of hydrogen-bond donors (Lipinski definition) is 1. The number of aliphatic carboxylic acids is 1. The van der Waals surface area contributed by atoms with E-state index < -0.39 is 5.97 Å². The van der Waals surface area contributed by atoms with Gasteiger partial charge in [-0.2, -0.15) is 0 Å². The highest BCUT2D eigenvalue weighted by Crippen LogP contribution is 2.21. The van der Waals surface area contributed by atoms with Gasteiger partial charge in [-0.05, 0) is 64.1 Å². The third kappa shape index (κ3) is 4.58. The molecular weight excluding hydrogens is 230 g/mol. The van der Waals surface area contributed by atoms with Gasteiger partial charge < -0.3 is 14.7 Å². The van der Waals surface area contributed by atoms with Crippen molar-refractivity contribution < 1.29 is 14.6 Å². The zero-order valence-electron chi connectivity index (χ0n) is 11.1. The molecule has 0 aromatic rings. The van der Waals surface area contributed by atoms with Gasteiger partial charge in [-0.3, -0.25) is 4.79 Å². The van der Waals surface area contributed by atoms with Crippen LogP contribution in [0.15, 0.2) is 0 Å². The Hall–Kier alpha value is -0.610. The van der Waals surface area contributed by atoms with Crippen LogP contribution in [-0.2, 0) is 9.53 Å². The molecule has 2 fully saturated rings. The summed E-state index contributed by atoms with van der Waals surface area (Å²) in [7, 11) is 0. The van der Waals surface area contributed by atoms with E-state index in [1.54, 1.807) is 0 Å². The van der Waals surface area contributed by atoms with E-state index >= 15 is 0 Å². The topological polar surface area (TPSA) is 49.8 Å². The molecule has 104 valence electrons. The maximum Gasteiger partial charge on any atom is 0.303 e. The summed E-state index contributed by atoms with van der Waals surface area (Å²) in [6.45, 7) is 4.25. The number of likely N-dealkylation sites (tertiary alicyclic amines) is 1. The Balaban J connectivity index is 1.54. The number of carboxylic acid groups (broad SMARTS) is 1. The Labute approximate surface area is 109 Å². The molecule has 0 spiro atoms. The van der Waals surface area contributed by atoms with Gasteiger partial charge in [-0.1, -0.05) is 0 Å². The summed E-state index contributed by atoms with van der Waals surface area (Å²) in [6, 6.07) is 0. The van der Waals surface area contributed by atoms with E-state index in [4.69, 9.17) is 9.84 Å². The van der Waals surface area contributed by atoms with Crippen molar-refractivity contribution in [2.24, 2.45) is 5.92 Å². The first kappa shape index (κ1) is 13.8. The van der Waals surface area contributed by atoms with E-state index in [2.05, 4.69) is 4.90 Å². The highest BCUT2D eigenvalue weighted by molar-refractivity contribution is 5.67. The van der Waals surface area contributed by atoms with Crippen molar-refractivity contribution in [3.8, 4) is 0 Å². The highest BCUT2D eigenvalue weighted by Gasteiger charge is 2.21. The second-order valence-electron chi connectivity index (χ2n) is 5.66. The summed E-state index contributed by atoms with van der Waals surface area (Å²) in [5.74, 6) is -0.247. The van der Waals surface area contributed by atoms with Crippen LogP contribution in [0.25, 0.3) is 0 Å². The average Bonchev–Trinajstić information content (AvgIpc) is 2.84. The van der Waals surface area contributed by atoms with Gasteiger partial charge in [0.2, 0.25) is 0 Å². The summed E-state index contributed by atoms with van der Waals surface area (Å²) in [5, 5.41) is 8.77. The van der Waals surface area contributed by atoms with Gasteiger partial charge in [0.1, 0.15) is 0 Å². The van der Waals surface area contributed by atoms with E-state index in [1.807, 2.05) is 0 Å². The smallest absolute Gasteiger partial charge is 0.303 e. The van der Waals surface area contributed by atoms with E-state index in [9.17, 15) is 4.79 Å². The van der Waals surface area contributed by atoms with Gasteiger partial charge >= 0.3 is 5.97 Å².